The Morgan fingerprint density at radius 2 is 1.97 bits per heavy atom. The molecular formula is C22H28N6O. The van der Waals surface area contributed by atoms with Crippen LogP contribution in [0.2, 0.25) is 0 Å². The van der Waals surface area contributed by atoms with Gasteiger partial charge >= 0.3 is 0 Å². The zero-order valence-corrected chi connectivity index (χ0v) is 17.0. The number of anilines is 1. The van der Waals surface area contributed by atoms with Crippen LogP contribution in [0.1, 0.15) is 36.0 Å². The van der Waals surface area contributed by atoms with Crippen molar-refractivity contribution >= 4 is 11.3 Å². The molecule has 0 bridgehead atoms. The van der Waals surface area contributed by atoms with E-state index in [1.165, 1.54) is 12.1 Å². The molecule has 1 atom stereocenters. The SMILES string of the molecule is Cc1cccc(CN2CCCC(c3nc4ccc(N5CCOCC5)cn4n3)C2)n1. The van der Waals surface area contributed by atoms with Crippen LogP contribution in [-0.2, 0) is 11.3 Å². The number of morpholine rings is 1. The lowest BCUT2D eigenvalue weighted by Gasteiger charge is -2.31. The van der Waals surface area contributed by atoms with Crippen molar-refractivity contribution in [3.8, 4) is 0 Å². The molecule has 3 aromatic heterocycles. The van der Waals surface area contributed by atoms with E-state index in [0.29, 0.717) is 5.92 Å². The third kappa shape index (κ3) is 4.11. The second kappa shape index (κ2) is 8.08. The minimum atomic E-state index is 0.375. The van der Waals surface area contributed by atoms with Crippen LogP contribution in [0, 0.1) is 6.92 Å². The molecular weight excluding hydrogens is 364 g/mol. The summed E-state index contributed by atoms with van der Waals surface area (Å²) in [7, 11) is 0. The Kier molecular flexibility index (Phi) is 5.16. The number of fused-ring (bicyclic) bond motifs is 1. The predicted octanol–water partition coefficient (Wildman–Crippen LogP) is 2.65. The minimum absolute atomic E-state index is 0.375. The Bertz CT molecular complexity index is 980. The van der Waals surface area contributed by atoms with Gasteiger partial charge in [0.2, 0.25) is 0 Å². The molecule has 0 amide bonds. The zero-order valence-electron chi connectivity index (χ0n) is 17.0. The minimum Gasteiger partial charge on any atom is -0.378 e. The summed E-state index contributed by atoms with van der Waals surface area (Å²) in [6.07, 6.45) is 4.42. The molecule has 2 fully saturated rings. The van der Waals surface area contributed by atoms with E-state index in [2.05, 4.69) is 45.2 Å². The van der Waals surface area contributed by atoms with Crippen LogP contribution < -0.4 is 4.90 Å². The lowest BCUT2D eigenvalue weighted by Crippen LogP contribution is -2.36. The topological polar surface area (TPSA) is 58.8 Å². The summed E-state index contributed by atoms with van der Waals surface area (Å²) >= 11 is 0. The summed E-state index contributed by atoms with van der Waals surface area (Å²) < 4.78 is 7.41. The van der Waals surface area contributed by atoms with Gasteiger partial charge in [-0.1, -0.05) is 6.07 Å². The van der Waals surface area contributed by atoms with E-state index in [1.54, 1.807) is 0 Å². The van der Waals surface area contributed by atoms with Crippen molar-refractivity contribution in [1.82, 2.24) is 24.5 Å². The van der Waals surface area contributed by atoms with Gasteiger partial charge in [-0.15, -0.1) is 0 Å². The highest BCUT2D eigenvalue weighted by Gasteiger charge is 2.25. The van der Waals surface area contributed by atoms with Crippen molar-refractivity contribution in [3.05, 3.63) is 53.7 Å². The highest BCUT2D eigenvalue weighted by molar-refractivity contribution is 5.51. The number of likely N-dealkylation sites (tertiary alicyclic amines) is 1. The summed E-state index contributed by atoms with van der Waals surface area (Å²) in [5, 5.41) is 4.85. The van der Waals surface area contributed by atoms with Crippen molar-refractivity contribution in [1.29, 1.82) is 0 Å². The third-order valence-corrected chi connectivity index (χ3v) is 5.91. The summed E-state index contributed by atoms with van der Waals surface area (Å²) in [5.74, 6) is 1.34. The molecule has 7 heteroatoms. The summed E-state index contributed by atoms with van der Waals surface area (Å²) in [4.78, 5) is 14.3. The number of aromatic nitrogens is 4. The molecule has 0 aromatic carbocycles. The first-order chi connectivity index (χ1) is 14.2. The average molecular weight is 393 g/mol. The maximum Gasteiger partial charge on any atom is 0.156 e. The number of hydrogen-bond acceptors (Lipinski definition) is 6. The molecule has 1 unspecified atom stereocenters. The predicted molar refractivity (Wildman–Crippen MR) is 112 cm³/mol. The van der Waals surface area contributed by atoms with Crippen LogP contribution in [0.4, 0.5) is 5.69 Å². The highest BCUT2D eigenvalue weighted by Crippen LogP contribution is 2.26. The first kappa shape index (κ1) is 18.5. The molecule has 7 nitrogen and oxygen atoms in total. The van der Waals surface area contributed by atoms with Gasteiger partial charge in [-0.05, 0) is 50.6 Å². The molecule has 2 saturated heterocycles. The molecule has 3 aromatic rings. The second-order valence-corrected chi connectivity index (χ2v) is 8.10. The van der Waals surface area contributed by atoms with Crippen LogP contribution in [0.3, 0.4) is 0 Å². The number of hydrogen-bond donors (Lipinski definition) is 0. The Labute approximate surface area is 171 Å². The van der Waals surface area contributed by atoms with Gasteiger partial charge in [0.15, 0.2) is 11.5 Å². The van der Waals surface area contributed by atoms with Crippen LogP contribution in [0.15, 0.2) is 36.5 Å². The largest absolute Gasteiger partial charge is 0.378 e. The fourth-order valence-electron chi connectivity index (χ4n) is 4.40. The molecule has 2 aliphatic rings. The molecule has 0 spiro atoms. The Morgan fingerprint density at radius 1 is 1.07 bits per heavy atom. The quantitative estimate of drug-likeness (QED) is 0.680. The summed E-state index contributed by atoms with van der Waals surface area (Å²) in [5.41, 5.74) is 4.33. The standard InChI is InChI=1S/C22H28N6O/c1-17-4-2-6-19(23-17)15-26-9-3-5-18(14-26)22-24-21-8-7-20(16-28(21)25-22)27-10-12-29-13-11-27/h2,4,6-8,16,18H,3,5,9-15H2,1H3. The number of piperidine rings is 1. The molecule has 0 radical (unpaired) electrons. The van der Waals surface area contributed by atoms with E-state index >= 15 is 0 Å². The van der Waals surface area contributed by atoms with Crippen LogP contribution in [0.5, 0.6) is 0 Å². The lowest BCUT2D eigenvalue weighted by molar-refractivity contribution is 0.122. The molecule has 0 saturated carbocycles. The molecule has 2 aliphatic heterocycles. The van der Waals surface area contributed by atoms with Crippen molar-refractivity contribution < 1.29 is 4.74 Å². The van der Waals surface area contributed by atoms with Crippen molar-refractivity contribution in [3.63, 3.8) is 0 Å². The smallest absolute Gasteiger partial charge is 0.156 e. The van der Waals surface area contributed by atoms with Gasteiger partial charge in [0.25, 0.3) is 0 Å². The lowest BCUT2D eigenvalue weighted by atomic mass is 9.97. The van der Waals surface area contributed by atoms with Crippen molar-refractivity contribution in [2.24, 2.45) is 0 Å². The van der Waals surface area contributed by atoms with Crippen LogP contribution in [0.25, 0.3) is 5.65 Å². The molecule has 0 aliphatic carbocycles. The van der Waals surface area contributed by atoms with E-state index in [1.807, 2.05) is 17.5 Å². The van der Waals surface area contributed by atoms with Gasteiger partial charge in [-0.2, -0.15) is 5.10 Å². The molecule has 5 rings (SSSR count). The number of pyridine rings is 2. The van der Waals surface area contributed by atoms with Gasteiger partial charge in [-0.25, -0.2) is 9.50 Å². The number of nitrogens with zero attached hydrogens (tertiary/aromatic N) is 6. The fraction of sp³-hybridized carbons (Fsp3) is 0.500. The maximum atomic E-state index is 5.47. The Balaban J connectivity index is 1.31. The van der Waals surface area contributed by atoms with Gasteiger partial charge in [0.05, 0.1) is 30.8 Å². The molecule has 152 valence electrons. The van der Waals surface area contributed by atoms with Gasteiger partial charge in [0.1, 0.15) is 0 Å². The number of ether oxygens (including phenoxy) is 1. The number of aryl methyl sites for hydroxylation is 1. The average Bonchev–Trinajstić information content (AvgIpc) is 3.18. The maximum absolute atomic E-state index is 5.47. The van der Waals surface area contributed by atoms with Gasteiger partial charge in [-0.3, -0.25) is 9.88 Å². The summed E-state index contributed by atoms with van der Waals surface area (Å²) in [6, 6.07) is 10.5. The Morgan fingerprint density at radius 3 is 2.83 bits per heavy atom. The van der Waals surface area contributed by atoms with E-state index in [4.69, 9.17) is 14.8 Å². The third-order valence-electron chi connectivity index (χ3n) is 5.91. The Hall–Kier alpha value is -2.51. The zero-order chi connectivity index (χ0) is 19.6. The fourth-order valence-corrected chi connectivity index (χ4v) is 4.40. The van der Waals surface area contributed by atoms with E-state index in [-0.39, 0.29) is 0 Å². The van der Waals surface area contributed by atoms with E-state index in [9.17, 15) is 0 Å². The first-order valence-electron chi connectivity index (χ1n) is 10.6. The van der Waals surface area contributed by atoms with Gasteiger partial charge < -0.3 is 9.64 Å². The first-order valence-corrected chi connectivity index (χ1v) is 10.6. The number of rotatable bonds is 4. The molecule has 0 N–H and O–H groups in total. The summed E-state index contributed by atoms with van der Waals surface area (Å²) in [6.45, 7) is 8.47. The van der Waals surface area contributed by atoms with E-state index < -0.39 is 0 Å². The second-order valence-electron chi connectivity index (χ2n) is 8.10. The monoisotopic (exact) mass is 392 g/mol. The normalized spacial score (nSPS) is 21.0. The highest BCUT2D eigenvalue weighted by atomic mass is 16.5. The van der Waals surface area contributed by atoms with Crippen molar-refractivity contribution in [2.45, 2.75) is 32.2 Å². The van der Waals surface area contributed by atoms with Crippen molar-refractivity contribution in [2.75, 3.05) is 44.3 Å². The van der Waals surface area contributed by atoms with Crippen LogP contribution >= 0.6 is 0 Å². The molecule has 29 heavy (non-hydrogen) atoms. The molecule has 5 heterocycles. The van der Waals surface area contributed by atoms with Crippen LogP contribution in [-0.4, -0.2) is 63.9 Å². The van der Waals surface area contributed by atoms with Gasteiger partial charge in [0, 0.05) is 37.8 Å². The van der Waals surface area contributed by atoms with E-state index in [0.717, 1.165) is 75.2 Å².